The maximum atomic E-state index is 11.4. The summed E-state index contributed by atoms with van der Waals surface area (Å²) in [5.74, 6) is -0.184. The van der Waals surface area contributed by atoms with E-state index >= 15 is 0 Å². The van der Waals surface area contributed by atoms with Crippen molar-refractivity contribution in [3.05, 3.63) is 12.2 Å². The SMILES string of the molecule is CCCC[C@@H](N)C/C=C/CC(=O)OC(C)(C)C. The van der Waals surface area contributed by atoms with E-state index in [2.05, 4.69) is 6.92 Å². The molecule has 0 bridgehead atoms. The van der Waals surface area contributed by atoms with E-state index in [1.165, 1.54) is 12.8 Å². The van der Waals surface area contributed by atoms with Gasteiger partial charge in [-0.05, 0) is 33.6 Å². The summed E-state index contributed by atoms with van der Waals surface area (Å²) in [5.41, 5.74) is 5.51. The lowest BCUT2D eigenvalue weighted by molar-refractivity contribution is -0.153. The quantitative estimate of drug-likeness (QED) is 0.550. The summed E-state index contributed by atoms with van der Waals surface area (Å²) < 4.78 is 5.19. The van der Waals surface area contributed by atoms with E-state index in [1.54, 1.807) is 0 Å². The van der Waals surface area contributed by atoms with Crippen molar-refractivity contribution in [2.24, 2.45) is 5.73 Å². The van der Waals surface area contributed by atoms with Crippen molar-refractivity contribution in [3.63, 3.8) is 0 Å². The van der Waals surface area contributed by atoms with Crippen molar-refractivity contribution >= 4 is 5.97 Å². The highest BCUT2D eigenvalue weighted by atomic mass is 16.6. The molecule has 0 rings (SSSR count). The van der Waals surface area contributed by atoms with E-state index in [4.69, 9.17) is 10.5 Å². The van der Waals surface area contributed by atoms with E-state index in [1.807, 2.05) is 32.9 Å². The van der Waals surface area contributed by atoms with Crippen LogP contribution in [0.3, 0.4) is 0 Å². The van der Waals surface area contributed by atoms with Crippen LogP contribution < -0.4 is 5.73 Å². The van der Waals surface area contributed by atoms with Crippen LogP contribution in [0.2, 0.25) is 0 Å². The Kier molecular flexibility index (Phi) is 7.88. The fourth-order valence-electron chi connectivity index (χ4n) is 1.42. The van der Waals surface area contributed by atoms with E-state index < -0.39 is 5.60 Å². The van der Waals surface area contributed by atoms with Gasteiger partial charge in [-0.2, -0.15) is 0 Å². The van der Waals surface area contributed by atoms with E-state index in [0.29, 0.717) is 6.42 Å². The molecule has 0 aromatic carbocycles. The van der Waals surface area contributed by atoms with Gasteiger partial charge in [0.1, 0.15) is 5.60 Å². The number of carbonyl (C=O) groups excluding carboxylic acids is 1. The van der Waals surface area contributed by atoms with Crippen molar-refractivity contribution in [3.8, 4) is 0 Å². The topological polar surface area (TPSA) is 52.3 Å². The Bertz CT molecular complexity index is 241. The Morgan fingerprint density at radius 3 is 2.53 bits per heavy atom. The summed E-state index contributed by atoms with van der Waals surface area (Å²) in [5, 5.41) is 0. The molecule has 0 radical (unpaired) electrons. The molecule has 0 aliphatic rings. The zero-order valence-electron chi connectivity index (χ0n) is 11.7. The Balaban J connectivity index is 3.70. The maximum absolute atomic E-state index is 11.4. The molecule has 3 nitrogen and oxygen atoms in total. The number of hydrogen-bond acceptors (Lipinski definition) is 3. The highest BCUT2D eigenvalue weighted by molar-refractivity contribution is 5.71. The fourth-order valence-corrected chi connectivity index (χ4v) is 1.42. The number of unbranched alkanes of at least 4 members (excludes halogenated alkanes) is 1. The van der Waals surface area contributed by atoms with Gasteiger partial charge < -0.3 is 10.5 Å². The Labute approximate surface area is 105 Å². The summed E-state index contributed by atoms with van der Waals surface area (Å²) >= 11 is 0. The van der Waals surface area contributed by atoms with Crippen LogP contribution in [0.1, 0.15) is 59.8 Å². The van der Waals surface area contributed by atoms with Gasteiger partial charge in [-0.15, -0.1) is 0 Å². The van der Waals surface area contributed by atoms with Crippen LogP contribution in [0.15, 0.2) is 12.2 Å². The summed E-state index contributed by atoms with van der Waals surface area (Å²) in [6.45, 7) is 7.77. The number of rotatable bonds is 7. The van der Waals surface area contributed by atoms with Crippen LogP contribution in [-0.2, 0) is 9.53 Å². The first kappa shape index (κ1) is 16.2. The molecular formula is C14H27NO2. The molecule has 0 aliphatic heterocycles. The first-order chi connectivity index (χ1) is 7.85. The molecule has 0 aromatic rings. The standard InChI is InChI=1S/C14H27NO2/c1-5-6-9-12(15)10-7-8-11-13(16)17-14(2,3)4/h7-8,12H,5-6,9-11,15H2,1-4H3/b8-7+/t12-/m1/s1. The number of ether oxygens (including phenoxy) is 1. The molecule has 0 unspecified atom stereocenters. The van der Waals surface area contributed by atoms with Crippen LogP contribution >= 0.6 is 0 Å². The van der Waals surface area contributed by atoms with Crippen molar-refractivity contribution in [1.29, 1.82) is 0 Å². The minimum Gasteiger partial charge on any atom is -0.460 e. The Morgan fingerprint density at radius 2 is 2.00 bits per heavy atom. The van der Waals surface area contributed by atoms with Crippen molar-refractivity contribution in [2.45, 2.75) is 71.4 Å². The summed E-state index contributed by atoms with van der Waals surface area (Å²) in [7, 11) is 0. The van der Waals surface area contributed by atoms with Crippen LogP contribution in [0.5, 0.6) is 0 Å². The molecule has 0 aromatic heterocycles. The molecule has 0 heterocycles. The highest BCUT2D eigenvalue weighted by Crippen LogP contribution is 2.09. The molecule has 1 atom stereocenters. The average Bonchev–Trinajstić information content (AvgIpc) is 2.19. The van der Waals surface area contributed by atoms with Crippen LogP contribution in [0.25, 0.3) is 0 Å². The second kappa shape index (κ2) is 8.29. The lowest BCUT2D eigenvalue weighted by atomic mass is 10.1. The Morgan fingerprint density at radius 1 is 1.35 bits per heavy atom. The van der Waals surface area contributed by atoms with Crippen molar-refractivity contribution in [2.75, 3.05) is 0 Å². The highest BCUT2D eigenvalue weighted by Gasteiger charge is 2.14. The minimum atomic E-state index is -0.400. The minimum absolute atomic E-state index is 0.184. The first-order valence-electron chi connectivity index (χ1n) is 6.47. The van der Waals surface area contributed by atoms with Gasteiger partial charge in [0.15, 0.2) is 0 Å². The van der Waals surface area contributed by atoms with Gasteiger partial charge in [-0.1, -0.05) is 31.9 Å². The van der Waals surface area contributed by atoms with Crippen molar-refractivity contribution < 1.29 is 9.53 Å². The molecule has 0 amide bonds. The number of hydrogen-bond donors (Lipinski definition) is 1. The molecule has 0 fully saturated rings. The molecule has 2 N–H and O–H groups in total. The smallest absolute Gasteiger partial charge is 0.310 e. The second-order valence-electron chi connectivity index (χ2n) is 5.40. The summed E-state index contributed by atoms with van der Waals surface area (Å²) in [6.07, 6.45) is 8.38. The number of carbonyl (C=O) groups is 1. The zero-order chi connectivity index (χ0) is 13.3. The molecule has 0 aliphatic carbocycles. The van der Waals surface area contributed by atoms with Gasteiger partial charge in [0.05, 0.1) is 6.42 Å². The van der Waals surface area contributed by atoms with E-state index in [9.17, 15) is 4.79 Å². The second-order valence-corrected chi connectivity index (χ2v) is 5.40. The number of nitrogens with two attached hydrogens (primary N) is 1. The fraction of sp³-hybridized carbons (Fsp3) is 0.786. The normalized spacial score (nSPS) is 13.9. The van der Waals surface area contributed by atoms with Crippen LogP contribution in [-0.4, -0.2) is 17.6 Å². The zero-order valence-corrected chi connectivity index (χ0v) is 11.7. The molecule has 0 spiro atoms. The number of esters is 1. The van der Waals surface area contributed by atoms with Crippen LogP contribution in [0.4, 0.5) is 0 Å². The molecule has 3 heteroatoms. The van der Waals surface area contributed by atoms with Gasteiger partial charge in [0.25, 0.3) is 0 Å². The third-order valence-corrected chi connectivity index (χ3v) is 2.24. The first-order valence-corrected chi connectivity index (χ1v) is 6.47. The molecule has 17 heavy (non-hydrogen) atoms. The van der Waals surface area contributed by atoms with Gasteiger partial charge in [-0.3, -0.25) is 4.79 Å². The third-order valence-electron chi connectivity index (χ3n) is 2.24. The predicted octanol–water partition coefficient (Wildman–Crippen LogP) is 3.18. The summed E-state index contributed by atoms with van der Waals surface area (Å²) in [6, 6.07) is 0.213. The molecule has 0 saturated carbocycles. The third kappa shape index (κ3) is 11.4. The Hall–Kier alpha value is -0.830. The molecule has 100 valence electrons. The monoisotopic (exact) mass is 241 g/mol. The van der Waals surface area contributed by atoms with Gasteiger partial charge in [-0.25, -0.2) is 0 Å². The molecular weight excluding hydrogens is 214 g/mol. The van der Waals surface area contributed by atoms with Gasteiger partial charge in [0, 0.05) is 6.04 Å². The lowest BCUT2D eigenvalue weighted by Gasteiger charge is -2.18. The predicted molar refractivity (Wildman–Crippen MR) is 71.7 cm³/mol. The average molecular weight is 241 g/mol. The maximum Gasteiger partial charge on any atom is 0.310 e. The largest absolute Gasteiger partial charge is 0.460 e. The lowest BCUT2D eigenvalue weighted by Crippen LogP contribution is -2.23. The van der Waals surface area contributed by atoms with E-state index in [-0.39, 0.29) is 12.0 Å². The van der Waals surface area contributed by atoms with Gasteiger partial charge in [0.2, 0.25) is 0 Å². The van der Waals surface area contributed by atoms with Crippen molar-refractivity contribution in [1.82, 2.24) is 0 Å². The van der Waals surface area contributed by atoms with Crippen LogP contribution in [0, 0.1) is 0 Å². The van der Waals surface area contributed by atoms with Gasteiger partial charge >= 0.3 is 5.97 Å². The molecule has 0 saturated heterocycles. The van der Waals surface area contributed by atoms with E-state index in [0.717, 1.165) is 12.8 Å². The summed E-state index contributed by atoms with van der Waals surface area (Å²) in [4.78, 5) is 11.4.